The summed E-state index contributed by atoms with van der Waals surface area (Å²) in [5.74, 6) is 0. The van der Waals surface area contributed by atoms with Crippen LogP contribution < -0.4 is 5.32 Å². The predicted octanol–water partition coefficient (Wildman–Crippen LogP) is -0.106. The third kappa shape index (κ3) is 3.40. The van der Waals surface area contributed by atoms with Gasteiger partial charge in [-0.2, -0.15) is 0 Å². The summed E-state index contributed by atoms with van der Waals surface area (Å²) in [4.78, 5) is 5.21. The first-order valence-corrected chi connectivity index (χ1v) is 4.94. The minimum absolute atomic E-state index is 0.0473. The van der Waals surface area contributed by atoms with Gasteiger partial charge in [-0.25, -0.2) is 4.98 Å². The zero-order chi connectivity index (χ0) is 9.68. The van der Waals surface area contributed by atoms with E-state index in [1.807, 2.05) is 6.92 Å². The number of aliphatic hydroxyl groups is 2. The molecule has 0 saturated carbocycles. The molecule has 5 heteroatoms. The minimum atomic E-state index is -0.234. The molecule has 0 aliphatic heterocycles. The lowest BCUT2D eigenvalue weighted by Gasteiger charge is -2.11. The lowest BCUT2D eigenvalue weighted by Crippen LogP contribution is -2.34. The number of aryl methyl sites for hydroxylation is 1. The second-order valence-electron chi connectivity index (χ2n) is 2.79. The highest BCUT2D eigenvalue weighted by Crippen LogP contribution is 2.10. The second-order valence-corrected chi connectivity index (χ2v) is 4.11. The molecule has 1 heterocycles. The van der Waals surface area contributed by atoms with E-state index in [2.05, 4.69) is 10.3 Å². The van der Waals surface area contributed by atoms with E-state index in [4.69, 9.17) is 10.2 Å². The number of aromatic nitrogens is 1. The third-order valence-corrected chi connectivity index (χ3v) is 2.59. The van der Waals surface area contributed by atoms with Gasteiger partial charge in [-0.05, 0) is 6.92 Å². The van der Waals surface area contributed by atoms with Crippen LogP contribution in [-0.2, 0) is 6.54 Å². The standard InChI is InChI=1S/C8H14N2O2S/c1-6-9-2-8(13-6)3-10-7(4-11)5-12/h2,7,10-12H,3-5H2,1H3. The second kappa shape index (κ2) is 5.29. The van der Waals surface area contributed by atoms with Crippen LogP contribution in [0.1, 0.15) is 9.88 Å². The molecule has 0 atom stereocenters. The fourth-order valence-corrected chi connectivity index (χ4v) is 1.66. The molecule has 1 aromatic heterocycles. The highest BCUT2D eigenvalue weighted by molar-refractivity contribution is 7.11. The Balaban J connectivity index is 2.33. The molecular formula is C8H14N2O2S. The Bertz CT molecular complexity index is 248. The molecule has 0 bridgehead atoms. The summed E-state index contributed by atoms with van der Waals surface area (Å²) >= 11 is 1.61. The van der Waals surface area contributed by atoms with Crippen molar-refractivity contribution in [3.05, 3.63) is 16.1 Å². The Morgan fingerprint density at radius 1 is 1.54 bits per heavy atom. The third-order valence-electron chi connectivity index (χ3n) is 1.67. The van der Waals surface area contributed by atoms with E-state index in [1.54, 1.807) is 17.5 Å². The van der Waals surface area contributed by atoms with Gasteiger partial charge in [-0.1, -0.05) is 0 Å². The quantitative estimate of drug-likeness (QED) is 0.623. The fraction of sp³-hybridized carbons (Fsp3) is 0.625. The van der Waals surface area contributed by atoms with Crippen LogP contribution in [0, 0.1) is 6.92 Å². The molecule has 0 spiro atoms. The monoisotopic (exact) mass is 202 g/mol. The Morgan fingerprint density at radius 2 is 2.23 bits per heavy atom. The van der Waals surface area contributed by atoms with E-state index >= 15 is 0 Å². The Hall–Kier alpha value is -0.490. The Kier molecular flexibility index (Phi) is 4.31. The largest absolute Gasteiger partial charge is 0.395 e. The first kappa shape index (κ1) is 10.6. The van der Waals surface area contributed by atoms with Gasteiger partial charge in [-0.15, -0.1) is 11.3 Å². The van der Waals surface area contributed by atoms with E-state index < -0.39 is 0 Å². The van der Waals surface area contributed by atoms with Crippen LogP contribution in [-0.4, -0.2) is 34.5 Å². The van der Waals surface area contributed by atoms with Crippen LogP contribution in [0.4, 0.5) is 0 Å². The molecule has 1 aromatic rings. The fourth-order valence-electron chi connectivity index (χ4n) is 0.919. The van der Waals surface area contributed by atoms with Gasteiger partial charge in [-0.3, -0.25) is 0 Å². The van der Waals surface area contributed by atoms with E-state index in [-0.39, 0.29) is 19.3 Å². The average molecular weight is 202 g/mol. The molecule has 0 aliphatic rings. The van der Waals surface area contributed by atoms with Gasteiger partial charge in [0.15, 0.2) is 0 Å². The number of nitrogens with zero attached hydrogens (tertiary/aromatic N) is 1. The number of aliphatic hydroxyl groups excluding tert-OH is 2. The maximum absolute atomic E-state index is 8.77. The van der Waals surface area contributed by atoms with Crippen LogP contribution in [0.25, 0.3) is 0 Å². The van der Waals surface area contributed by atoms with Crippen molar-refractivity contribution >= 4 is 11.3 Å². The van der Waals surface area contributed by atoms with Crippen LogP contribution in [0.2, 0.25) is 0 Å². The number of hydrogen-bond donors (Lipinski definition) is 3. The maximum atomic E-state index is 8.77. The summed E-state index contributed by atoms with van der Waals surface area (Å²) in [5, 5.41) is 21.6. The molecule has 0 aliphatic carbocycles. The maximum Gasteiger partial charge on any atom is 0.0897 e. The van der Waals surface area contributed by atoms with Crippen molar-refractivity contribution in [1.82, 2.24) is 10.3 Å². The van der Waals surface area contributed by atoms with Crippen LogP contribution >= 0.6 is 11.3 Å². The lowest BCUT2D eigenvalue weighted by atomic mass is 10.3. The molecule has 0 fully saturated rings. The van der Waals surface area contributed by atoms with Gasteiger partial charge >= 0.3 is 0 Å². The smallest absolute Gasteiger partial charge is 0.0897 e. The van der Waals surface area contributed by atoms with Crippen molar-refractivity contribution in [2.45, 2.75) is 19.5 Å². The van der Waals surface area contributed by atoms with Crippen molar-refractivity contribution in [3.63, 3.8) is 0 Å². The van der Waals surface area contributed by atoms with Crippen molar-refractivity contribution in [3.8, 4) is 0 Å². The van der Waals surface area contributed by atoms with Crippen molar-refractivity contribution < 1.29 is 10.2 Å². The van der Waals surface area contributed by atoms with E-state index in [0.29, 0.717) is 6.54 Å². The highest BCUT2D eigenvalue weighted by atomic mass is 32.1. The number of rotatable bonds is 5. The van der Waals surface area contributed by atoms with Gasteiger partial charge in [0.05, 0.1) is 24.3 Å². The average Bonchev–Trinajstić information content (AvgIpc) is 2.53. The summed E-state index contributed by atoms with van der Waals surface area (Å²) in [6.07, 6.45) is 1.80. The molecule has 13 heavy (non-hydrogen) atoms. The van der Waals surface area contributed by atoms with Crippen LogP contribution in [0.3, 0.4) is 0 Å². The van der Waals surface area contributed by atoms with Gasteiger partial charge in [0.1, 0.15) is 0 Å². The zero-order valence-corrected chi connectivity index (χ0v) is 8.34. The molecule has 0 saturated heterocycles. The number of hydrogen-bond acceptors (Lipinski definition) is 5. The molecule has 0 amide bonds. The normalized spacial score (nSPS) is 11.1. The van der Waals surface area contributed by atoms with Gasteiger partial charge < -0.3 is 15.5 Å². The van der Waals surface area contributed by atoms with Crippen molar-refractivity contribution in [2.24, 2.45) is 0 Å². The molecule has 3 N–H and O–H groups in total. The highest BCUT2D eigenvalue weighted by Gasteiger charge is 2.05. The van der Waals surface area contributed by atoms with Gasteiger partial charge in [0.2, 0.25) is 0 Å². The first-order valence-electron chi connectivity index (χ1n) is 4.12. The van der Waals surface area contributed by atoms with Crippen LogP contribution in [0.15, 0.2) is 6.20 Å². The molecule has 0 radical (unpaired) electrons. The van der Waals surface area contributed by atoms with Crippen LogP contribution in [0.5, 0.6) is 0 Å². The van der Waals surface area contributed by atoms with Crippen molar-refractivity contribution in [2.75, 3.05) is 13.2 Å². The molecule has 0 unspecified atom stereocenters. The van der Waals surface area contributed by atoms with E-state index in [1.165, 1.54) is 0 Å². The Labute approximate surface area is 81.3 Å². The Morgan fingerprint density at radius 3 is 2.69 bits per heavy atom. The summed E-state index contributed by atoms with van der Waals surface area (Å²) in [5.41, 5.74) is 0. The summed E-state index contributed by atoms with van der Waals surface area (Å²) in [7, 11) is 0. The summed E-state index contributed by atoms with van der Waals surface area (Å²) in [6, 6.07) is -0.234. The molecule has 4 nitrogen and oxygen atoms in total. The van der Waals surface area contributed by atoms with E-state index in [9.17, 15) is 0 Å². The SMILES string of the molecule is Cc1ncc(CNC(CO)CO)s1. The van der Waals surface area contributed by atoms with Gasteiger partial charge in [0.25, 0.3) is 0 Å². The summed E-state index contributed by atoms with van der Waals surface area (Å²) < 4.78 is 0. The first-order chi connectivity index (χ1) is 6.26. The number of nitrogens with one attached hydrogen (secondary N) is 1. The molecular weight excluding hydrogens is 188 g/mol. The zero-order valence-electron chi connectivity index (χ0n) is 7.53. The van der Waals surface area contributed by atoms with Gasteiger partial charge in [0, 0.05) is 17.6 Å². The lowest BCUT2D eigenvalue weighted by molar-refractivity contribution is 0.170. The van der Waals surface area contributed by atoms with Crippen molar-refractivity contribution in [1.29, 1.82) is 0 Å². The summed E-state index contributed by atoms with van der Waals surface area (Å²) in [6.45, 7) is 2.50. The predicted molar refractivity (Wildman–Crippen MR) is 51.7 cm³/mol. The molecule has 0 aromatic carbocycles. The number of thiazole rings is 1. The topological polar surface area (TPSA) is 65.4 Å². The van der Waals surface area contributed by atoms with E-state index in [0.717, 1.165) is 9.88 Å². The molecule has 1 rings (SSSR count). The molecule has 74 valence electrons. The minimum Gasteiger partial charge on any atom is -0.395 e.